The number of rotatable bonds is 5. The lowest BCUT2D eigenvalue weighted by molar-refractivity contribution is 0.0519. The minimum atomic E-state index is -0.526. The number of carbonyl (C=O) groups is 1. The number of aromatic nitrogens is 1. The maximum Gasteiger partial charge on any atom is 0.360 e. The van der Waals surface area contributed by atoms with E-state index in [1.165, 1.54) is 6.26 Å². The van der Waals surface area contributed by atoms with Crippen molar-refractivity contribution < 1.29 is 18.7 Å². The molecule has 0 aliphatic heterocycles. The van der Waals surface area contributed by atoms with Crippen LogP contribution in [0.5, 0.6) is 5.75 Å². The zero-order valence-electron chi connectivity index (χ0n) is 11.3. The van der Waals surface area contributed by atoms with Crippen molar-refractivity contribution in [2.45, 2.75) is 6.92 Å². The molecule has 2 rings (SSSR count). The summed E-state index contributed by atoms with van der Waals surface area (Å²) >= 11 is 6.80. The highest BCUT2D eigenvalue weighted by Gasteiger charge is 2.15. The zero-order valence-corrected chi connectivity index (χ0v) is 14.4. The number of esters is 1. The molecule has 0 bridgehead atoms. The Balaban J connectivity index is 2.21. The highest BCUT2D eigenvalue weighted by atomic mass is 79.9. The molecule has 6 nitrogen and oxygen atoms in total. The van der Waals surface area contributed by atoms with Crippen LogP contribution in [0.3, 0.4) is 0 Å². The second kappa shape index (κ2) is 6.95. The first-order valence-electron chi connectivity index (χ1n) is 5.97. The predicted octanol–water partition coefficient (Wildman–Crippen LogP) is 4.13. The van der Waals surface area contributed by atoms with Crippen LogP contribution in [0.2, 0.25) is 0 Å². The van der Waals surface area contributed by atoms with Gasteiger partial charge in [-0.05, 0) is 44.8 Å². The second-order valence-electron chi connectivity index (χ2n) is 3.85. The monoisotopic (exact) mass is 418 g/mol. The Hall–Kier alpha value is -1.54. The molecule has 0 saturated heterocycles. The molecule has 21 heavy (non-hydrogen) atoms. The minimum Gasteiger partial charge on any atom is -0.495 e. The van der Waals surface area contributed by atoms with Gasteiger partial charge in [-0.25, -0.2) is 4.79 Å². The van der Waals surface area contributed by atoms with Gasteiger partial charge in [-0.3, -0.25) is 0 Å². The summed E-state index contributed by atoms with van der Waals surface area (Å²) in [6, 6.07) is 3.78. The fourth-order valence-corrected chi connectivity index (χ4v) is 2.78. The van der Waals surface area contributed by atoms with Gasteiger partial charge in [0.05, 0.1) is 23.9 Å². The largest absolute Gasteiger partial charge is 0.495 e. The number of nitrogens with zero attached hydrogens (tertiary/aromatic N) is 1. The summed E-state index contributed by atoms with van der Waals surface area (Å²) in [4.78, 5) is 15.5. The van der Waals surface area contributed by atoms with Crippen molar-refractivity contribution in [1.29, 1.82) is 0 Å². The number of methoxy groups -OCH3 is 1. The Kier molecular flexibility index (Phi) is 5.24. The van der Waals surface area contributed by atoms with E-state index in [4.69, 9.17) is 13.9 Å². The number of carbonyl (C=O) groups excluding carboxylic acids is 1. The molecular formula is C13H12Br2N2O4. The molecular weight excluding hydrogens is 408 g/mol. The van der Waals surface area contributed by atoms with Crippen molar-refractivity contribution in [3.8, 4) is 5.75 Å². The molecule has 0 atom stereocenters. The van der Waals surface area contributed by atoms with Gasteiger partial charge in [0.15, 0.2) is 5.69 Å². The smallest absolute Gasteiger partial charge is 0.360 e. The third-order valence-corrected chi connectivity index (χ3v) is 3.75. The van der Waals surface area contributed by atoms with Crippen LogP contribution in [0, 0.1) is 0 Å². The molecule has 0 unspecified atom stereocenters. The molecule has 0 fully saturated rings. The quantitative estimate of drug-likeness (QED) is 0.734. The van der Waals surface area contributed by atoms with Gasteiger partial charge in [-0.1, -0.05) is 0 Å². The third-order valence-electron chi connectivity index (χ3n) is 2.47. The number of ether oxygens (including phenoxy) is 2. The van der Waals surface area contributed by atoms with Gasteiger partial charge in [0.2, 0.25) is 0 Å². The van der Waals surface area contributed by atoms with Crippen LogP contribution < -0.4 is 10.1 Å². The van der Waals surface area contributed by atoms with Crippen molar-refractivity contribution in [3.63, 3.8) is 0 Å². The number of hydrogen-bond acceptors (Lipinski definition) is 6. The van der Waals surface area contributed by atoms with E-state index >= 15 is 0 Å². The first-order valence-corrected chi connectivity index (χ1v) is 7.56. The molecule has 1 aromatic heterocycles. The number of benzene rings is 1. The lowest BCUT2D eigenvalue weighted by Gasteiger charge is -2.09. The molecule has 112 valence electrons. The molecule has 0 spiro atoms. The maximum absolute atomic E-state index is 11.5. The molecule has 0 radical (unpaired) electrons. The van der Waals surface area contributed by atoms with Crippen LogP contribution in [0.1, 0.15) is 17.4 Å². The number of nitrogens with one attached hydrogen (secondary N) is 1. The molecule has 0 aliphatic rings. The molecule has 2 aromatic rings. The van der Waals surface area contributed by atoms with Gasteiger partial charge in [-0.2, -0.15) is 4.98 Å². The van der Waals surface area contributed by atoms with Crippen LogP contribution in [0.15, 0.2) is 31.8 Å². The lowest BCUT2D eigenvalue weighted by atomic mass is 10.3. The van der Waals surface area contributed by atoms with Gasteiger partial charge < -0.3 is 19.2 Å². The van der Waals surface area contributed by atoms with E-state index in [0.717, 1.165) is 8.95 Å². The van der Waals surface area contributed by atoms with Crippen molar-refractivity contribution in [3.05, 3.63) is 33.0 Å². The Morgan fingerprint density at radius 2 is 2.14 bits per heavy atom. The van der Waals surface area contributed by atoms with Crippen LogP contribution in [0.4, 0.5) is 11.7 Å². The zero-order chi connectivity index (χ0) is 15.4. The predicted molar refractivity (Wildman–Crippen MR) is 84.1 cm³/mol. The summed E-state index contributed by atoms with van der Waals surface area (Å²) in [6.07, 6.45) is 1.24. The summed E-state index contributed by atoms with van der Waals surface area (Å²) in [5.41, 5.74) is 0.798. The first-order chi connectivity index (χ1) is 10.0. The average Bonchev–Trinajstić information content (AvgIpc) is 2.91. The lowest BCUT2D eigenvalue weighted by Crippen LogP contribution is -2.05. The second-order valence-corrected chi connectivity index (χ2v) is 5.56. The molecule has 0 amide bonds. The molecule has 0 saturated carbocycles. The van der Waals surface area contributed by atoms with Gasteiger partial charge in [0.1, 0.15) is 12.0 Å². The van der Waals surface area contributed by atoms with Gasteiger partial charge in [0, 0.05) is 10.5 Å². The van der Waals surface area contributed by atoms with E-state index in [2.05, 4.69) is 42.2 Å². The Morgan fingerprint density at radius 3 is 2.81 bits per heavy atom. The molecule has 1 heterocycles. The molecule has 8 heteroatoms. The van der Waals surface area contributed by atoms with E-state index in [9.17, 15) is 4.79 Å². The van der Waals surface area contributed by atoms with Crippen molar-refractivity contribution in [1.82, 2.24) is 4.98 Å². The molecule has 0 aliphatic carbocycles. The Bertz CT molecular complexity index is 658. The SMILES string of the molecule is CCOC(=O)c1coc(Nc2cc(OC)c(Br)cc2Br)n1. The van der Waals surface area contributed by atoms with Crippen LogP contribution in [0.25, 0.3) is 0 Å². The number of halogens is 2. The Labute approximate surface area is 138 Å². The van der Waals surface area contributed by atoms with Crippen LogP contribution in [-0.4, -0.2) is 24.7 Å². The average molecular weight is 420 g/mol. The van der Waals surface area contributed by atoms with Crippen molar-refractivity contribution in [2.75, 3.05) is 19.0 Å². The summed E-state index contributed by atoms with van der Waals surface area (Å²) in [7, 11) is 1.57. The highest BCUT2D eigenvalue weighted by molar-refractivity contribution is 9.11. The fraction of sp³-hybridized carbons (Fsp3) is 0.231. The standard InChI is InChI=1S/C13H12Br2N2O4/c1-3-20-12(18)10-6-21-13(17-10)16-9-5-11(19-2)8(15)4-7(9)14/h4-6H,3H2,1-2H3,(H,16,17). The topological polar surface area (TPSA) is 73.6 Å². The fourth-order valence-electron chi connectivity index (χ4n) is 1.53. The van der Waals surface area contributed by atoms with E-state index in [1.807, 2.05) is 6.07 Å². The highest BCUT2D eigenvalue weighted by Crippen LogP contribution is 2.35. The third kappa shape index (κ3) is 3.76. The van der Waals surface area contributed by atoms with Gasteiger partial charge >= 0.3 is 5.97 Å². The molecule has 1 aromatic carbocycles. The summed E-state index contributed by atoms with van der Waals surface area (Å²) in [5, 5.41) is 2.96. The summed E-state index contributed by atoms with van der Waals surface area (Å²) < 4.78 is 16.9. The number of hydrogen-bond donors (Lipinski definition) is 1. The maximum atomic E-state index is 11.5. The normalized spacial score (nSPS) is 10.3. The Morgan fingerprint density at radius 1 is 1.38 bits per heavy atom. The molecule has 1 N–H and O–H groups in total. The van der Waals surface area contributed by atoms with E-state index in [1.54, 1.807) is 20.1 Å². The van der Waals surface area contributed by atoms with Gasteiger partial charge in [0.25, 0.3) is 6.01 Å². The van der Waals surface area contributed by atoms with Crippen molar-refractivity contribution in [2.24, 2.45) is 0 Å². The number of anilines is 2. The van der Waals surface area contributed by atoms with E-state index in [-0.39, 0.29) is 18.3 Å². The first kappa shape index (κ1) is 15.8. The minimum absolute atomic E-state index is 0.111. The van der Waals surface area contributed by atoms with Crippen molar-refractivity contribution >= 4 is 49.5 Å². The van der Waals surface area contributed by atoms with E-state index < -0.39 is 5.97 Å². The van der Waals surface area contributed by atoms with Crippen LogP contribution in [-0.2, 0) is 4.74 Å². The van der Waals surface area contributed by atoms with E-state index in [0.29, 0.717) is 11.4 Å². The van der Waals surface area contributed by atoms with Crippen LogP contribution >= 0.6 is 31.9 Å². The number of oxazole rings is 1. The van der Waals surface area contributed by atoms with Gasteiger partial charge in [-0.15, -0.1) is 0 Å². The summed E-state index contributed by atoms with van der Waals surface area (Å²) in [5.74, 6) is 0.125. The summed E-state index contributed by atoms with van der Waals surface area (Å²) in [6.45, 7) is 2.01.